The number of hydrogen-bond donors (Lipinski definition) is 1. The van der Waals surface area contributed by atoms with Crippen LogP contribution < -0.4 is 5.32 Å². The average Bonchev–Trinajstić information content (AvgIpc) is 2.95. The number of nitrogens with zero attached hydrogens (tertiary/aromatic N) is 2. The first-order valence-corrected chi connectivity index (χ1v) is 8.14. The molecule has 1 N–H and O–H groups in total. The second kappa shape index (κ2) is 6.48. The molecular weight excluding hydrogens is 266 g/mol. The molecule has 1 aromatic carbocycles. The fraction of sp³-hybridized carbons (Fsp3) is 0.438. The van der Waals surface area contributed by atoms with Crippen molar-refractivity contribution in [3.05, 3.63) is 40.9 Å². The van der Waals surface area contributed by atoms with Crippen LogP contribution in [0.25, 0.3) is 10.6 Å². The van der Waals surface area contributed by atoms with Crippen LogP contribution in [0.5, 0.6) is 0 Å². The Morgan fingerprint density at radius 3 is 2.85 bits per heavy atom. The summed E-state index contributed by atoms with van der Waals surface area (Å²) in [6.45, 7) is 7.83. The van der Waals surface area contributed by atoms with E-state index in [4.69, 9.17) is 4.98 Å². The van der Waals surface area contributed by atoms with Crippen molar-refractivity contribution >= 4 is 11.3 Å². The molecule has 1 aromatic heterocycles. The molecular formula is C16H21N3S. The molecule has 106 valence electrons. The summed E-state index contributed by atoms with van der Waals surface area (Å²) in [6, 6.07) is 8.48. The van der Waals surface area contributed by atoms with Gasteiger partial charge in [0, 0.05) is 50.1 Å². The topological polar surface area (TPSA) is 28.2 Å². The van der Waals surface area contributed by atoms with Crippen LogP contribution in [0.3, 0.4) is 0 Å². The van der Waals surface area contributed by atoms with Gasteiger partial charge in [0.15, 0.2) is 0 Å². The van der Waals surface area contributed by atoms with Crippen molar-refractivity contribution in [2.75, 3.05) is 32.7 Å². The zero-order chi connectivity index (χ0) is 13.8. The predicted octanol–water partition coefficient (Wildman–Crippen LogP) is 2.57. The van der Waals surface area contributed by atoms with E-state index < -0.39 is 0 Å². The Balaban J connectivity index is 1.63. The van der Waals surface area contributed by atoms with Gasteiger partial charge in [0.05, 0.1) is 5.69 Å². The predicted molar refractivity (Wildman–Crippen MR) is 85.3 cm³/mol. The fourth-order valence-electron chi connectivity index (χ4n) is 2.57. The van der Waals surface area contributed by atoms with Crippen LogP contribution in [0.1, 0.15) is 11.3 Å². The number of aromatic nitrogens is 1. The summed E-state index contributed by atoms with van der Waals surface area (Å²) < 4.78 is 0. The van der Waals surface area contributed by atoms with E-state index in [1.165, 1.54) is 16.8 Å². The minimum Gasteiger partial charge on any atom is -0.314 e. The smallest absolute Gasteiger partial charge is 0.123 e. The zero-order valence-corrected chi connectivity index (χ0v) is 12.7. The van der Waals surface area contributed by atoms with Crippen LogP contribution in [0.15, 0.2) is 29.6 Å². The molecule has 0 spiro atoms. The third-order valence-electron chi connectivity index (χ3n) is 3.82. The van der Waals surface area contributed by atoms with E-state index in [1.54, 1.807) is 11.3 Å². The molecule has 2 aromatic rings. The van der Waals surface area contributed by atoms with Gasteiger partial charge in [-0.05, 0) is 12.5 Å². The monoisotopic (exact) mass is 287 g/mol. The fourth-order valence-corrected chi connectivity index (χ4v) is 3.51. The molecule has 1 aliphatic rings. The summed E-state index contributed by atoms with van der Waals surface area (Å²) in [6.07, 6.45) is 1.06. The highest BCUT2D eigenvalue weighted by atomic mass is 32.1. The molecule has 0 aliphatic carbocycles. The van der Waals surface area contributed by atoms with Crippen molar-refractivity contribution in [1.29, 1.82) is 0 Å². The molecule has 20 heavy (non-hydrogen) atoms. The van der Waals surface area contributed by atoms with Crippen molar-refractivity contribution in [1.82, 2.24) is 15.2 Å². The number of benzene rings is 1. The maximum absolute atomic E-state index is 4.80. The van der Waals surface area contributed by atoms with Crippen LogP contribution in [-0.4, -0.2) is 42.6 Å². The second-order valence-electron chi connectivity index (χ2n) is 5.30. The van der Waals surface area contributed by atoms with E-state index in [2.05, 4.69) is 46.8 Å². The summed E-state index contributed by atoms with van der Waals surface area (Å²) in [7, 11) is 0. The molecule has 3 rings (SSSR count). The van der Waals surface area contributed by atoms with Gasteiger partial charge in [-0.1, -0.05) is 24.3 Å². The molecule has 0 bridgehead atoms. The van der Waals surface area contributed by atoms with Crippen molar-refractivity contribution in [3.63, 3.8) is 0 Å². The van der Waals surface area contributed by atoms with Gasteiger partial charge in [-0.15, -0.1) is 11.3 Å². The number of thiazole rings is 1. The Hall–Kier alpha value is -1.23. The molecule has 3 nitrogen and oxygen atoms in total. The molecule has 0 radical (unpaired) electrons. The van der Waals surface area contributed by atoms with Crippen molar-refractivity contribution in [2.24, 2.45) is 0 Å². The van der Waals surface area contributed by atoms with E-state index in [9.17, 15) is 0 Å². The Bertz CT molecular complexity index is 558. The van der Waals surface area contributed by atoms with Gasteiger partial charge in [-0.2, -0.15) is 0 Å². The van der Waals surface area contributed by atoms with Gasteiger partial charge in [0.25, 0.3) is 0 Å². The lowest BCUT2D eigenvalue weighted by Crippen LogP contribution is -2.44. The molecule has 1 saturated heterocycles. The summed E-state index contributed by atoms with van der Waals surface area (Å²) in [5.41, 5.74) is 3.80. The lowest BCUT2D eigenvalue weighted by molar-refractivity contribution is 0.243. The number of aryl methyl sites for hydroxylation is 1. The second-order valence-corrected chi connectivity index (χ2v) is 6.16. The zero-order valence-electron chi connectivity index (χ0n) is 11.9. The number of piperazine rings is 1. The highest BCUT2D eigenvalue weighted by Crippen LogP contribution is 2.26. The Kier molecular flexibility index (Phi) is 4.45. The highest BCUT2D eigenvalue weighted by molar-refractivity contribution is 7.13. The molecule has 1 aliphatic heterocycles. The van der Waals surface area contributed by atoms with E-state index in [0.717, 1.165) is 44.2 Å². The van der Waals surface area contributed by atoms with Gasteiger partial charge < -0.3 is 10.2 Å². The van der Waals surface area contributed by atoms with Gasteiger partial charge in [0.2, 0.25) is 0 Å². The number of hydrogen-bond acceptors (Lipinski definition) is 4. The summed E-state index contributed by atoms with van der Waals surface area (Å²) in [5.74, 6) is 0. The normalized spacial score (nSPS) is 16.4. The van der Waals surface area contributed by atoms with Gasteiger partial charge in [-0.25, -0.2) is 4.98 Å². The van der Waals surface area contributed by atoms with Crippen LogP contribution in [0.4, 0.5) is 0 Å². The summed E-state index contributed by atoms with van der Waals surface area (Å²) in [5, 5.41) is 6.75. The van der Waals surface area contributed by atoms with E-state index in [0.29, 0.717) is 0 Å². The third kappa shape index (κ3) is 3.26. The van der Waals surface area contributed by atoms with E-state index in [-0.39, 0.29) is 0 Å². The molecule has 2 heterocycles. The lowest BCUT2D eigenvalue weighted by Gasteiger charge is -2.26. The van der Waals surface area contributed by atoms with Crippen LogP contribution >= 0.6 is 11.3 Å². The standard InChI is InChI=1S/C16H21N3S/c1-13-4-2-3-5-15(13)16-18-14(12-20-16)6-9-19-10-7-17-8-11-19/h2-5,12,17H,6-11H2,1H3. The largest absolute Gasteiger partial charge is 0.314 e. The van der Waals surface area contributed by atoms with Gasteiger partial charge in [0.1, 0.15) is 5.01 Å². The van der Waals surface area contributed by atoms with Crippen molar-refractivity contribution in [2.45, 2.75) is 13.3 Å². The molecule has 1 fully saturated rings. The van der Waals surface area contributed by atoms with Crippen LogP contribution in [0.2, 0.25) is 0 Å². The molecule has 0 atom stereocenters. The Morgan fingerprint density at radius 1 is 1.25 bits per heavy atom. The highest BCUT2D eigenvalue weighted by Gasteiger charge is 2.11. The molecule has 0 saturated carbocycles. The quantitative estimate of drug-likeness (QED) is 0.937. The maximum atomic E-state index is 4.80. The first-order valence-electron chi connectivity index (χ1n) is 7.26. The Labute approximate surface area is 124 Å². The third-order valence-corrected chi connectivity index (χ3v) is 4.75. The SMILES string of the molecule is Cc1ccccc1-c1nc(CCN2CCNCC2)cs1. The van der Waals surface area contributed by atoms with Crippen LogP contribution in [-0.2, 0) is 6.42 Å². The van der Waals surface area contributed by atoms with Crippen LogP contribution in [0, 0.1) is 6.92 Å². The first kappa shape index (κ1) is 13.7. The average molecular weight is 287 g/mol. The number of nitrogens with one attached hydrogen (secondary N) is 1. The number of rotatable bonds is 4. The minimum atomic E-state index is 1.06. The minimum absolute atomic E-state index is 1.06. The van der Waals surface area contributed by atoms with E-state index in [1.807, 2.05) is 0 Å². The molecule has 4 heteroatoms. The molecule has 0 amide bonds. The summed E-state index contributed by atoms with van der Waals surface area (Å²) in [4.78, 5) is 7.32. The first-order chi connectivity index (χ1) is 9.83. The van der Waals surface area contributed by atoms with Crippen molar-refractivity contribution in [3.8, 4) is 10.6 Å². The Morgan fingerprint density at radius 2 is 2.05 bits per heavy atom. The van der Waals surface area contributed by atoms with Crippen molar-refractivity contribution < 1.29 is 0 Å². The molecule has 0 unspecified atom stereocenters. The van der Waals surface area contributed by atoms with Gasteiger partial charge >= 0.3 is 0 Å². The maximum Gasteiger partial charge on any atom is 0.123 e. The van der Waals surface area contributed by atoms with Gasteiger partial charge in [-0.3, -0.25) is 0 Å². The lowest BCUT2D eigenvalue weighted by atomic mass is 10.1. The van der Waals surface area contributed by atoms with E-state index >= 15 is 0 Å². The summed E-state index contributed by atoms with van der Waals surface area (Å²) >= 11 is 1.76.